The van der Waals surface area contributed by atoms with Gasteiger partial charge in [0.1, 0.15) is 23.5 Å². The Morgan fingerprint density at radius 2 is 1.89 bits per heavy atom. The Kier molecular flexibility index (Phi) is 6.19. The molecule has 2 aromatic rings. The number of aromatic nitrogens is 2. The zero-order valence-corrected chi connectivity index (χ0v) is 15.4. The lowest BCUT2D eigenvalue weighted by molar-refractivity contribution is -0.137. The van der Waals surface area contributed by atoms with Crippen LogP contribution in [0.4, 0.5) is 13.2 Å². The van der Waals surface area contributed by atoms with Gasteiger partial charge in [-0.1, -0.05) is 23.2 Å². The second-order valence-electron chi connectivity index (χ2n) is 5.07. The number of ether oxygens (including phenoxy) is 1. The number of hydrogen-bond acceptors (Lipinski definition) is 6. The first-order valence-corrected chi connectivity index (χ1v) is 7.92. The molecular weight excluding hydrogens is 420 g/mol. The first-order valence-electron chi connectivity index (χ1n) is 7.16. The summed E-state index contributed by atoms with van der Waals surface area (Å²) in [5.74, 6) is 0.0172. The monoisotopic (exact) mass is 428 g/mol. The molecule has 0 aliphatic carbocycles. The summed E-state index contributed by atoms with van der Waals surface area (Å²) in [6, 6.07) is 4.68. The molecule has 1 aromatic heterocycles. The van der Waals surface area contributed by atoms with Gasteiger partial charge in [-0.25, -0.2) is 9.67 Å². The summed E-state index contributed by atoms with van der Waals surface area (Å²) in [6.45, 7) is 0. The van der Waals surface area contributed by atoms with Gasteiger partial charge in [0.25, 0.3) is 0 Å². The van der Waals surface area contributed by atoms with Gasteiger partial charge in [0.15, 0.2) is 5.70 Å². The molecule has 0 atom stereocenters. The van der Waals surface area contributed by atoms with Crippen LogP contribution in [0.5, 0.6) is 5.88 Å². The Bertz CT molecular complexity index is 1040. The third-order valence-electron chi connectivity index (χ3n) is 3.29. The van der Waals surface area contributed by atoms with Crippen molar-refractivity contribution in [1.82, 2.24) is 9.78 Å². The third kappa shape index (κ3) is 4.36. The molecule has 0 aliphatic rings. The SMILES string of the molecule is COc1nn(-c2c(Cl)cc(C(F)(F)F)cc2Cl)cc1C=N/C(C#N)=C(\N)C#N. The maximum absolute atomic E-state index is 12.9. The zero-order valence-electron chi connectivity index (χ0n) is 13.9. The van der Waals surface area contributed by atoms with Gasteiger partial charge in [-0.2, -0.15) is 23.7 Å². The predicted octanol–water partition coefficient (Wildman–Crippen LogP) is 3.84. The molecule has 0 fully saturated rings. The number of alkyl halides is 3. The fourth-order valence-electron chi connectivity index (χ4n) is 2.03. The predicted molar refractivity (Wildman–Crippen MR) is 95.2 cm³/mol. The van der Waals surface area contributed by atoms with E-state index in [-0.39, 0.29) is 38.6 Å². The Morgan fingerprint density at radius 3 is 2.36 bits per heavy atom. The van der Waals surface area contributed by atoms with Crippen LogP contribution in [0.15, 0.2) is 34.7 Å². The number of nitriles is 2. The molecule has 12 heteroatoms. The van der Waals surface area contributed by atoms with E-state index in [4.69, 9.17) is 44.2 Å². The van der Waals surface area contributed by atoms with Crippen molar-refractivity contribution in [2.24, 2.45) is 10.7 Å². The van der Waals surface area contributed by atoms with Gasteiger partial charge < -0.3 is 10.5 Å². The van der Waals surface area contributed by atoms with E-state index in [1.807, 2.05) is 0 Å². The van der Waals surface area contributed by atoms with Crippen LogP contribution in [0.2, 0.25) is 10.0 Å². The summed E-state index contributed by atoms with van der Waals surface area (Å²) in [5, 5.41) is 21.1. The van der Waals surface area contributed by atoms with Crippen LogP contribution in [0.3, 0.4) is 0 Å². The van der Waals surface area contributed by atoms with Gasteiger partial charge >= 0.3 is 6.18 Å². The molecule has 0 saturated heterocycles. The Morgan fingerprint density at radius 1 is 1.29 bits per heavy atom. The van der Waals surface area contributed by atoms with Gasteiger partial charge in [-0.3, -0.25) is 0 Å². The first kappa shape index (κ1) is 21.1. The van der Waals surface area contributed by atoms with E-state index in [1.165, 1.54) is 13.3 Å². The highest BCUT2D eigenvalue weighted by Gasteiger charge is 2.32. The minimum Gasteiger partial charge on any atom is -0.479 e. The van der Waals surface area contributed by atoms with Gasteiger partial charge in [0.2, 0.25) is 5.88 Å². The number of nitrogens with two attached hydrogens (primary N) is 1. The second kappa shape index (κ2) is 8.21. The zero-order chi connectivity index (χ0) is 21.1. The summed E-state index contributed by atoms with van der Waals surface area (Å²) >= 11 is 11.9. The molecule has 1 aromatic carbocycles. The van der Waals surface area contributed by atoms with Crippen LogP contribution in [0.1, 0.15) is 11.1 Å². The fraction of sp³-hybridized carbons (Fsp3) is 0.125. The van der Waals surface area contributed by atoms with Gasteiger partial charge in [-0.15, -0.1) is 5.10 Å². The first-order chi connectivity index (χ1) is 13.1. The van der Waals surface area contributed by atoms with Crippen LogP contribution in [0.25, 0.3) is 5.69 Å². The van der Waals surface area contributed by atoms with E-state index < -0.39 is 11.7 Å². The molecule has 2 rings (SSSR count). The summed E-state index contributed by atoms with van der Waals surface area (Å²) in [5.41, 5.74) is 3.84. The van der Waals surface area contributed by atoms with Crippen molar-refractivity contribution >= 4 is 29.4 Å². The molecule has 0 unspecified atom stereocenters. The minimum absolute atomic E-state index is 0.0122. The standard InChI is InChI=1S/C16H9Cl2F3N6O/c1-28-15-8(6-25-13(5-23)12(24)4-22)7-27(26-15)14-10(17)2-9(3-11(14)18)16(19,20)21/h2-3,6-7H,24H2,1H3/b13-12-,25-6?. The summed E-state index contributed by atoms with van der Waals surface area (Å²) < 4.78 is 44.8. The lowest BCUT2D eigenvalue weighted by Gasteiger charge is -2.12. The highest BCUT2D eigenvalue weighted by Crippen LogP contribution is 2.37. The van der Waals surface area contributed by atoms with Crippen molar-refractivity contribution < 1.29 is 17.9 Å². The summed E-state index contributed by atoms with van der Waals surface area (Å²) in [7, 11) is 1.30. The molecule has 2 N–H and O–H groups in total. The van der Waals surface area contributed by atoms with Crippen LogP contribution in [0, 0.1) is 22.7 Å². The van der Waals surface area contributed by atoms with Crippen molar-refractivity contribution in [1.29, 1.82) is 10.5 Å². The van der Waals surface area contributed by atoms with Crippen molar-refractivity contribution in [3.8, 4) is 23.7 Å². The van der Waals surface area contributed by atoms with Crippen LogP contribution < -0.4 is 10.5 Å². The molecule has 0 bridgehead atoms. The lowest BCUT2D eigenvalue weighted by Crippen LogP contribution is -2.07. The van der Waals surface area contributed by atoms with Crippen LogP contribution in [-0.4, -0.2) is 23.1 Å². The van der Waals surface area contributed by atoms with E-state index in [0.29, 0.717) is 0 Å². The topological polar surface area (TPSA) is 113 Å². The maximum Gasteiger partial charge on any atom is 0.416 e. The number of halogens is 5. The number of hydrogen-bond donors (Lipinski definition) is 1. The van der Waals surface area contributed by atoms with E-state index >= 15 is 0 Å². The molecule has 1 heterocycles. The van der Waals surface area contributed by atoms with Crippen LogP contribution in [-0.2, 0) is 6.18 Å². The molecule has 0 amide bonds. The van der Waals surface area contributed by atoms with E-state index in [9.17, 15) is 13.2 Å². The fourth-order valence-corrected chi connectivity index (χ4v) is 2.69. The molecule has 7 nitrogen and oxygen atoms in total. The van der Waals surface area contributed by atoms with Crippen molar-refractivity contribution in [3.63, 3.8) is 0 Å². The highest BCUT2D eigenvalue weighted by molar-refractivity contribution is 6.37. The number of nitrogens with zero attached hydrogens (tertiary/aromatic N) is 5. The Labute approximate surface area is 166 Å². The summed E-state index contributed by atoms with van der Waals surface area (Å²) in [6.07, 6.45) is -2.15. The van der Waals surface area contributed by atoms with E-state index in [1.54, 1.807) is 12.1 Å². The van der Waals surface area contributed by atoms with Crippen molar-refractivity contribution in [3.05, 3.63) is 50.9 Å². The quantitative estimate of drug-likeness (QED) is 0.586. The molecule has 28 heavy (non-hydrogen) atoms. The van der Waals surface area contributed by atoms with Gasteiger partial charge in [-0.05, 0) is 12.1 Å². The maximum atomic E-state index is 12.9. The largest absolute Gasteiger partial charge is 0.479 e. The highest BCUT2D eigenvalue weighted by atomic mass is 35.5. The average Bonchev–Trinajstić information content (AvgIpc) is 3.03. The number of aliphatic imine (C=N–C) groups is 1. The van der Waals surface area contributed by atoms with E-state index in [0.717, 1.165) is 23.0 Å². The Balaban J connectivity index is 2.54. The molecule has 0 aliphatic heterocycles. The smallest absolute Gasteiger partial charge is 0.416 e. The van der Waals surface area contributed by atoms with Gasteiger partial charge in [0.05, 0.1) is 28.3 Å². The van der Waals surface area contributed by atoms with Crippen LogP contribution >= 0.6 is 23.2 Å². The number of methoxy groups -OCH3 is 1. The van der Waals surface area contributed by atoms with Crippen molar-refractivity contribution in [2.75, 3.05) is 7.11 Å². The molecule has 0 radical (unpaired) electrons. The van der Waals surface area contributed by atoms with E-state index in [2.05, 4.69) is 10.1 Å². The number of rotatable bonds is 4. The molecule has 0 saturated carbocycles. The third-order valence-corrected chi connectivity index (χ3v) is 3.86. The lowest BCUT2D eigenvalue weighted by atomic mass is 10.2. The molecular formula is C16H9Cl2F3N6O. The van der Waals surface area contributed by atoms with Gasteiger partial charge in [0, 0.05) is 12.4 Å². The van der Waals surface area contributed by atoms with Crippen molar-refractivity contribution in [2.45, 2.75) is 6.18 Å². The molecule has 144 valence electrons. The second-order valence-corrected chi connectivity index (χ2v) is 5.88. The number of allylic oxidation sites excluding steroid dienone is 2. The Hall–Kier alpha value is -3.21. The number of benzene rings is 1. The molecule has 0 spiro atoms. The average molecular weight is 429 g/mol. The summed E-state index contributed by atoms with van der Waals surface area (Å²) in [4.78, 5) is 3.79. The minimum atomic E-state index is -4.62. The normalized spacial score (nSPS) is 12.4.